The Balaban J connectivity index is 1.84. The predicted octanol–water partition coefficient (Wildman–Crippen LogP) is 3.53. The Morgan fingerprint density at radius 2 is 1.68 bits per heavy atom. The fourth-order valence-electron chi connectivity index (χ4n) is 2.63. The molecule has 1 atom stereocenters. The van der Waals surface area contributed by atoms with Crippen LogP contribution in [-0.4, -0.2) is 5.91 Å². The van der Waals surface area contributed by atoms with Crippen molar-refractivity contribution in [1.29, 1.82) is 0 Å². The lowest BCUT2D eigenvalue weighted by molar-refractivity contribution is -0.117. The van der Waals surface area contributed by atoms with Gasteiger partial charge >= 0.3 is 0 Å². The molecular formula is C17H17NO. The lowest BCUT2D eigenvalue weighted by Crippen LogP contribution is -2.14. The van der Waals surface area contributed by atoms with Gasteiger partial charge in [-0.25, -0.2) is 0 Å². The molecule has 0 saturated carbocycles. The van der Waals surface area contributed by atoms with Crippen LogP contribution in [0.1, 0.15) is 29.5 Å². The first kappa shape index (κ1) is 12.0. The number of hydrogen-bond donors (Lipinski definition) is 1. The Kier molecular flexibility index (Phi) is 3.08. The standard InChI is InChI=1S/C17H17NO/c1-2-12-7-9-13(10-8-12)11-15-14-5-3-4-6-16(14)18-17(15)19/h3-10,15H,2,11H2,1H3,(H,18,19)/t15-/m0/s1. The van der Waals surface area contributed by atoms with E-state index < -0.39 is 0 Å². The lowest BCUT2D eigenvalue weighted by atomic mass is 9.93. The van der Waals surface area contributed by atoms with Crippen LogP contribution in [0.4, 0.5) is 5.69 Å². The van der Waals surface area contributed by atoms with Gasteiger partial charge < -0.3 is 5.32 Å². The minimum absolute atomic E-state index is 0.0522. The average molecular weight is 251 g/mol. The summed E-state index contributed by atoms with van der Waals surface area (Å²) in [6.45, 7) is 2.15. The molecule has 0 fully saturated rings. The Labute approximate surface area is 113 Å². The van der Waals surface area contributed by atoms with E-state index in [-0.39, 0.29) is 11.8 Å². The van der Waals surface area contributed by atoms with Crippen LogP contribution in [0.5, 0.6) is 0 Å². The minimum atomic E-state index is -0.0522. The van der Waals surface area contributed by atoms with Crippen molar-refractivity contribution >= 4 is 11.6 Å². The maximum absolute atomic E-state index is 12.0. The molecule has 1 heterocycles. The summed E-state index contributed by atoms with van der Waals surface area (Å²) in [6.07, 6.45) is 1.82. The molecule has 0 aromatic heterocycles. The normalized spacial score (nSPS) is 17.1. The smallest absolute Gasteiger partial charge is 0.232 e. The maximum atomic E-state index is 12.0. The Morgan fingerprint density at radius 3 is 2.42 bits per heavy atom. The van der Waals surface area contributed by atoms with Crippen molar-refractivity contribution in [3.63, 3.8) is 0 Å². The average Bonchev–Trinajstić information content (AvgIpc) is 2.76. The van der Waals surface area contributed by atoms with Crippen LogP contribution in [0, 0.1) is 0 Å². The number of fused-ring (bicyclic) bond motifs is 1. The topological polar surface area (TPSA) is 29.1 Å². The van der Waals surface area contributed by atoms with Crippen LogP contribution in [-0.2, 0) is 17.6 Å². The van der Waals surface area contributed by atoms with Crippen molar-refractivity contribution in [2.24, 2.45) is 0 Å². The first-order chi connectivity index (χ1) is 9.28. The molecule has 0 radical (unpaired) electrons. The number of aryl methyl sites for hydroxylation is 1. The minimum Gasteiger partial charge on any atom is -0.325 e. The number of carbonyl (C=O) groups is 1. The highest BCUT2D eigenvalue weighted by Crippen LogP contribution is 2.34. The van der Waals surface area contributed by atoms with Gasteiger partial charge in [0.25, 0.3) is 0 Å². The third-order valence-corrected chi connectivity index (χ3v) is 3.78. The highest BCUT2D eigenvalue weighted by atomic mass is 16.2. The highest BCUT2D eigenvalue weighted by molar-refractivity contribution is 6.03. The number of anilines is 1. The summed E-state index contributed by atoms with van der Waals surface area (Å²) in [7, 11) is 0. The molecule has 2 aromatic rings. The van der Waals surface area contributed by atoms with E-state index in [9.17, 15) is 4.79 Å². The molecule has 0 saturated heterocycles. The van der Waals surface area contributed by atoms with Crippen molar-refractivity contribution in [1.82, 2.24) is 0 Å². The van der Waals surface area contributed by atoms with Crippen molar-refractivity contribution in [2.75, 3.05) is 5.32 Å². The first-order valence-corrected chi connectivity index (χ1v) is 6.75. The van der Waals surface area contributed by atoms with Gasteiger partial charge in [-0.3, -0.25) is 4.79 Å². The van der Waals surface area contributed by atoms with Crippen LogP contribution < -0.4 is 5.32 Å². The molecule has 3 rings (SSSR count). The number of amides is 1. The van der Waals surface area contributed by atoms with Gasteiger partial charge in [0, 0.05) is 5.69 Å². The van der Waals surface area contributed by atoms with Gasteiger partial charge in [-0.1, -0.05) is 49.4 Å². The molecular weight excluding hydrogens is 234 g/mol. The van der Waals surface area contributed by atoms with Crippen molar-refractivity contribution < 1.29 is 4.79 Å². The second kappa shape index (κ2) is 4.88. The summed E-state index contributed by atoms with van der Waals surface area (Å²) >= 11 is 0. The van der Waals surface area contributed by atoms with Crippen LogP contribution in [0.3, 0.4) is 0 Å². The van der Waals surface area contributed by atoms with Crippen LogP contribution >= 0.6 is 0 Å². The predicted molar refractivity (Wildman–Crippen MR) is 77.3 cm³/mol. The van der Waals surface area contributed by atoms with Gasteiger partial charge in [-0.05, 0) is 35.6 Å². The van der Waals surface area contributed by atoms with Crippen LogP contribution in [0.15, 0.2) is 48.5 Å². The third-order valence-electron chi connectivity index (χ3n) is 3.78. The Morgan fingerprint density at radius 1 is 1.00 bits per heavy atom. The summed E-state index contributed by atoms with van der Waals surface area (Å²) in [5, 5.41) is 2.95. The number of nitrogens with one attached hydrogen (secondary N) is 1. The summed E-state index contributed by atoms with van der Waals surface area (Å²) in [5.41, 5.74) is 4.63. The van der Waals surface area contributed by atoms with Gasteiger partial charge in [0.15, 0.2) is 0 Å². The molecule has 2 aromatic carbocycles. The van der Waals surface area contributed by atoms with Gasteiger partial charge in [-0.2, -0.15) is 0 Å². The second-order valence-electron chi connectivity index (χ2n) is 5.00. The first-order valence-electron chi connectivity index (χ1n) is 6.75. The molecule has 1 N–H and O–H groups in total. The van der Waals surface area contributed by atoms with E-state index in [0.717, 1.165) is 24.1 Å². The summed E-state index contributed by atoms with van der Waals surface area (Å²) in [5.74, 6) is 0.0597. The van der Waals surface area contributed by atoms with Gasteiger partial charge in [-0.15, -0.1) is 0 Å². The van der Waals surface area contributed by atoms with Gasteiger partial charge in [0.1, 0.15) is 0 Å². The highest BCUT2D eigenvalue weighted by Gasteiger charge is 2.29. The molecule has 0 unspecified atom stereocenters. The quantitative estimate of drug-likeness (QED) is 0.888. The third kappa shape index (κ3) is 2.26. The van der Waals surface area contributed by atoms with E-state index in [1.54, 1.807) is 0 Å². The van der Waals surface area contributed by atoms with Gasteiger partial charge in [0.2, 0.25) is 5.91 Å². The molecule has 1 aliphatic rings. The van der Waals surface area contributed by atoms with E-state index in [1.165, 1.54) is 11.1 Å². The lowest BCUT2D eigenvalue weighted by Gasteiger charge is -2.09. The molecule has 2 heteroatoms. The Bertz CT molecular complexity index is 601. The molecule has 0 bridgehead atoms. The number of para-hydroxylation sites is 1. The molecule has 19 heavy (non-hydrogen) atoms. The number of carbonyl (C=O) groups excluding carboxylic acids is 1. The Hall–Kier alpha value is -2.09. The maximum Gasteiger partial charge on any atom is 0.232 e. The van der Waals surface area contributed by atoms with Crippen molar-refractivity contribution in [3.05, 3.63) is 65.2 Å². The number of hydrogen-bond acceptors (Lipinski definition) is 1. The molecule has 96 valence electrons. The summed E-state index contributed by atoms with van der Waals surface area (Å²) < 4.78 is 0. The zero-order valence-corrected chi connectivity index (χ0v) is 11.0. The van der Waals surface area contributed by atoms with Crippen molar-refractivity contribution in [2.45, 2.75) is 25.7 Å². The van der Waals surface area contributed by atoms with E-state index in [0.29, 0.717) is 0 Å². The number of benzene rings is 2. The monoisotopic (exact) mass is 251 g/mol. The second-order valence-corrected chi connectivity index (χ2v) is 5.00. The van der Waals surface area contributed by atoms with Gasteiger partial charge in [0.05, 0.1) is 5.92 Å². The number of rotatable bonds is 3. The van der Waals surface area contributed by atoms with E-state index in [2.05, 4.69) is 36.5 Å². The van der Waals surface area contributed by atoms with Crippen LogP contribution in [0.2, 0.25) is 0 Å². The van der Waals surface area contributed by atoms with E-state index >= 15 is 0 Å². The summed E-state index contributed by atoms with van der Waals surface area (Å²) in [6, 6.07) is 16.5. The molecule has 0 spiro atoms. The van der Waals surface area contributed by atoms with Crippen molar-refractivity contribution in [3.8, 4) is 0 Å². The molecule has 2 nitrogen and oxygen atoms in total. The van der Waals surface area contributed by atoms with E-state index in [4.69, 9.17) is 0 Å². The SMILES string of the molecule is CCc1ccc(C[C@@H]2C(=O)Nc3ccccc32)cc1. The zero-order chi connectivity index (χ0) is 13.2. The largest absolute Gasteiger partial charge is 0.325 e. The van der Waals surface area contributed by atoms with E-state index in [1.807, 2.05) is 24.3 Å². The van der Waals surface area contributed by atoms with Crippen LogP contribution in [0.25, 0.3) is 0 Å². The zero-order valence-electron chi connectivity index (χ0n) is 11.0. The molecule has 1 amide bonds. The fraction of sp³-hybridized carbons (Fsp3) is 0.235. The summed E-state index contributed by atoms with van der Waals surface area (Å²) in [4.78, 5) is 12.0. The molecule has 1 aliphatic heterocycles. The molecule has 0 aliphatic carbocycles. The fourth-order valence-corrected chi connectivity index (χ4v) is 2.63.